The Morgan fingerprint density at radius 3 is 2.60 bits per heavy atom. The molecule has 1 unspecified atom stereocenters. The van der Waals surface area contributed by atoms with E-state index >= 15 is 0 Å². The topological polar surface area (TPSA) is 75.7 Å². The van der Waals surface area contributed by atoms with E-state index in [2.05, 4.69) is 5.32 Å². The lowest BCUT2D eigenvalue weighted by molar-refractivity contribution is -0.126. The van der Waals surface area contributed by atoms with Gasteiger partial charge in [0, 0.05) is 35.2 Å². The minimum Gasteiger partial charge on any atom is -0.497 e. The van der Waals surface area contributed by atoms with Gasteiger partial charge in [-0.05, 0) is 42.7 Å². The summed E-state index contributed by atoms with van der Waals surface area (Å²) in [6.07, 6.45) is 1.26. The first-order valence-electron chi connectivity index (χ1n) is 9.61. The number of piperidine rings is 1. The number of sulfonamides is 1. The van der Waals surface area contributed by atoms with Crippen LogP contribution in [0.3, 0.4) is 0 Å². The lowest BCUT2D eigenvalue weighted by atomic mass is 9.99. The molecule has 0 spiro atoms. The maximum Gasteiger partial charge on any atom is 0.224 e. The number of nitrogens with one attached hydrogen (secondary N) is 1. The van der Waals surface area contributed by atoms with Crippen molar-refractivity contribution >= 4 is 39.1 Å². The van der Waals surface area contributed by atoms with Gasteiger partial charge in [-0.25, -0.2) is 12.7 Å². The van der Waals surface area contributed by atoms with Crippen LogP contribution in [0, 0.1) is 5.92 Å². The summed E-state index contributed by atoms with van der Waals surface area (Å²) in [6.45, 7) is 0.882. The molecule has 3 rings (SSSR count). The van der Waals surface area contributed by atoms with Gasteiger partial charge >= 0.3 is 0 Å². The molecular formula is C21H24Cl2N2O4S. The number of nitrogens with zero attached hydrogens (tertiary/aromatic N) is 1. The van der Waals surface area contributed by atoms with Crippen LogP contribution in [-0.4, -0.2) is 38.8 Å². The van der Waals surface area contributed by atoms with Crippen molar-refractivity contribution in [1.82, 2.24) is 9.62 Å². The van der Waals surface area contributed by atoms with Crippen LogP contribution in [0.2, 0.25) is 10.0 Å². The first-order valence-corrected chi connectivity index (χ1v) is 12.0. The van der Waals surface area contributed by atoms with Gasteiger partial charge in [-0.1, -0.05) is 41.4 Å². The number of rotatable bonds is 7. The molecule has 0 aromatic heterocycles. The second kappa shape index (κ2) is 10.0. The van der Waals surface area contributed by atoms with Gasteiger partial charge in [0.05, 0.1) is 18.8 Å². The summed E-state index contributed by atoms with van der Waals surface area (Å²) in [7, 11) is -2.07. The average molecular weight is 471 g/mol. The van der Waals surface area contributed by atoms with E-state index in [1.54, 1.807) is 25.3 Å². The first-order chi connectivity index (χ1) is 14.3. The molecule has 1 N–H and O–H groups in total. The minimum atomic E-state index is -3.66. The fourth-order valence-corrected chi connectivity index (χ4v) is 5.83. The number of ether oxygens (including phenoxy) is 1. The molecule has 30 heavy (non-hydrogen) atoms. The Morgan fingerprint density at radius 1 is 1.20 bits per heavy atom. The third kappa shape index (κ3) is 5.66. The molecule has 2 aromatic rings. The fourth-order valence-electron chi connectivity index (χ4n) is 3.47. The van der Waals surface area contributed by atoms with Crippen molar-refractivity contribution in [1.29, 1.82) is 0 Å². The molecule has 162 valence electrons. The lowest BCUT2D eigenvalue weighted by Crippen LogP contribution is -2.45. The second-order valence-electron chi connectivity index (χ2n) is 7.22. The maximum absolute atomic E-state index is 12.9. The fraction of sp³-hybridized carbons (Fsp3) is 0.381. The van der Waals surface area contributed by atoms with Crippen molar-refractivity contribution < 1.29 is 17.9 Å². The molecule has 1 saturated heterocycles. The summed E-state index contributed by atoms with van der Waals surface area (Å²) in [5.41, 5.74) is 1.29. The molecule has 1 aliphatic rings. The van der Waals surface area contributed by atoms with E-state index in [0.717, 1.165) is 11.3 Å². The standard InChI is InChI=1S/C21H24Cl2N2O4S/c1-29-17-7-2-5-15(11-17)12-24-21(26)16-6-4-10-25(13-16)30(27,28)14-18-19(22)8-3-9-20(18)23/h2-3,5,7-9,11,16H,4,6,10,12-14H2,1H3,(H,24,26). The van der Waals surface area contributed by atoms with Gasteiger partial charge in [0.2, 0.25) is 15.9 Å². The van der Waals surface area contributed by atoms with E-state index in [-0.39, 0.29) is 18.2 Å². The van der Waals surface area contributed by atoms with Crippen molar-refractivity contribution in [2.45, 2.75) is 25.1 Å². The second-order valence-corrected chi connectivity index (χ2v) is 10.0. The Balaban J connectivity index is 1.63. The van der Waals surface area contributed by atoms with Crippen molar-refractivity contribution in [3.63, 3.8) is 0 Å². The van der Waals surface area contributed by atoms with Crippen molar-refractivity contribution in [2.75, 3.05) is 20.2 Å². The Labute approximate surface area is 187 Å². The molecule has 9 heteroatoms. The van der Waals surface area contributed by atoms with Gasteiger partial charge in [-0.3, -0.25) is 4.79 Å². The van der Waals surface area contributed by atoms with E-state index in [9.17, 15) is 13.2 Å². The molecule has 6 nitrogen and oxygen atoms in total. The van der Waals surface area contributed by atoms with Crippen LogP contribution < -0.4 is 10.1 Å². The van der Waals surface area contributed by atoms with E-state index in [0.29, 0.717) is 41.5 Å². The Hall–Kier alpha value is -1.80. The van der Waals surface area contributed by atoms with Gasteiger partial charge in [-0.15, -0.1) is 0 Å². The quantitative estimate of drug-likeness (QED) is 0.666. The molecular weight excluding hydrogens is 447 g/mol. The summed E-state index contributed by atoms with van der Waals surface area (Å²) < 4.78 is 32.4. The van der Waals surface area contributed by atoms with E-state index in [1.807, 2.05) is 24.3 Å². The number of halogens is 2. The monoisotopic (exact) mass is 470 g/mol. The van der Waals surface area contributed by atoms with Gasteiger partial charge in [0.15, 0.2) is 0 Å². The molecule has 0 saturated carbocycles. The lowest BCUT2D eigenvalue weighted by Gasteiger charge is -2.31. The van der Waals surface area contributed by atoms with Crippen molar-refractivity contribution in [3.8, 4) is 5.75 Å². The highest BCUT2D eigenvalue weighted by Crippen LogP contribution is 2.29. The molecule has 1 heterocycles. The van der Waals surface area contributed by atoms with Crippen LogP contribution in [0.25, 0.3) is 0 Å². The van der Waals surface area contributed by atoms with Crippen LogP contribution in [0.1, 0.15) is 24.0 Å². The molecule has 1 atom stereocenters. The van der Waals surface area contributed by atoms with Gasteiger partial charge in [0.1, 0.15) is 5.75 Å². The predicted molar refractivity (Wildman–Crippen MR) is 118 cm³/mol. The van der Waals surface area contributed by atoms with Crippen molar-refractivity contribution in [3.05, 3.63) is 63.6 Å². The van der Waals surface area contributed by atoms with Crippen LogP contribution >= 0.6 is 23.2 Å². The highest BCUT2D eigenvalue weighted by Gasteiger charge is 2.33. The summed E-state index contributed by atoms with van der Waals surface area (Å²) in [5.74, 6) is -0.131. The Morgan fingerprint density at radius 2 is 1.90 bits per heavy atom. The highest BCUT2D eigenvalue weighted by molar-refractivity contribution is 7.88. The molecule has 0 radical (unpaired) electrons. The number of hydrogen-bond acceptors (Lipinski definition) is 4. The van der Waals surface area contributed by atoms with Crippen LogP contribution in [0.5, 0.6) is 5.75 Å². The molecule has 0 aliphatic carbocycles. The van der Waals surface area contributed by atoms with E-state index < -0.39 is 15.9 Å². The summed E-state index contributed by atoms with van der Waals surface area (Å²) >= 11 is 12.3. The van der Waals surface area contributed by atoms with Gasteiger partial charge in [0.25, 0.3) is 0 Å². The highest BCUT2D eigenvalue weighted by atomic mass is 35.5. The number of carbonyl (C=O) groups excluding carboxylic acids is 1. The molecule has 2 aromatic carbocycles. The van der Waals surface area contributed by atoms with Gasteiger partial charge < -0.3 is 10.1 Å². The van der Waals surface area contributed by atoms with E-state index in [1.165, 1.54) is 4.31 Å². The zero-order chi connectivity index (χ0) is 21.7. The summed E-state index contributed by atoms with van der Waals surface area (Å²) in [5, 5.41) is 3.53. The molecule has 1 amide bonds. The maximum atomic E-state index is 12.9. The zero-order valence-electron chi connectivity index (χ0n) is 16.6. The number of hydrogen-bond donors (Lipinski definition) is 1. The number of carbonyl (C=O) groups is 1. The Kier molecular flexibility index (Phi) is 7.63. The molecule has 0 bridgehead atoms. The van der Waals surface area contributed by atoms with E-state index in [4.69, 9.17) is 27.9 Å². The minimum absolute atomic E-state index is 0.147. The van der Waals surface area contributed by atoms with Crippen LogP contribution in [-0.2, 0) is 27.1 Å². The first kappa shape index (κ1) is 22.9. The Bertz CT molecular complexity index is 994. The zero-order valence-corrected chi connectivity index (χ0v) is 18.9. The van der Waals surface area contributed by atoms with Crippen LogP contribution in [0.15, 0.2) is 42.5 Å². The SMILES string of the molecule is COc1cccc(CNC(=O)C2CCCN(S(=O)(=O)Cc3c(Cl)cccc3Cl)C2)c1. The van der Waals surface area contributed by atoms with Gasteiger partial charge in [-0.2, -0.15) is 0 Å². The largest absolute Gasteiger partial charge is 0.497 e. The number of amides is 1. The third-order valence-electron chi connectivity index (χ3n) is 5.14. The number of benzene rings is 2. The average Bonchev–Trinajstić information content (AvgIpc) is 2.75. The predicted octanol–water partition coefficient (Wildman–Crippen LogP) is 3.86. The van der Waals surface area contributed by atoms with Crippen LogP contribution in [0.4, 0.5) is 0 Å². The number of methoxy groups -OCH3 is 1. The molecule has 1 fully saturated rings. The van der Waals surface area contributed by atoms with Crippen molar-refractivity contribution in [2.24, 2.45) is 5.92 Å². The smallest absolute Gasteiger partial charge is 0.224 e. The molecule has 1 aliphatic heterocycles. The summed E-state index contributed by atoms with van der Waals surface area (Å²) in [4.78, 5) is 12.7. The normalized spacial score (nSPS) is 17.5. The third-order valence-corrected chi connectivity index (χ3v) is 7.62. The summed E-state index contributed by atoms with van der Waals surface area (Å²) in [6, 6.07) is 12.3.